The van der Waals surface area contributed by atoms with Crippen LogP contribution < -0.4 is 4.74 Å². The number of H-pyrrole nitrogens is 1. The van der Waals surface area contributed by atoms with E-state index in [0.29, 0.717) is 48.6 Å². The number of fused-ring (bicyclic) bond motifs is 2. The van der Waals surface area contributed by atoms with Gasteiger partial charge in [-0.05, 0) is 65.9 Å². The molecule has 1 amide bonds. The molecule has 2 aliphatic heterocycles. The molecule has 7 rings (SSSR count). The number of tetrazole rings is 1. The molecule has 2 aliphatic rings. The molecule has 4 heterocycles. The van der Waals surface area contributed by atoms with Crippen molar-refractivity contribution >= 4 is 22.6 Å². The van der Waals surface area contributed by atoms with E-state index in [0.717, 1.165) is 27.8 Å². The molecule has 1 fully saturated rings. The fraction of sp³-hybridized carbons (Fsp3) is 0.241. The molecular formula is C29H25N7O3. The fourth-order valence-electron chi connectivity index (χ4n) is 5.67. The first kappa shape index (κ1) is 23.3. The molecule has 0 bridgehead atoms. The predicted molar refractivity (Wildman–Crippen MR) is 143 cm³/mol. The number of piperidine rings is 1. The van der Waals surface area contributed by atoms with Crippen LogP contribution in [-0.2, 0) is 0 Å². The van der Waals surface area contributed by atoms with Crippen LogP contribution in [0, 0.1) is 6.92 Å². The van der Waals surface area contributed by atoms with Crippen molar-refractivity contribution in [1.82, 2.24) is 35.3 Å². The highest BCUT2D eigenvalue weighted by molar-refractivity contribution is 6.01. The van der Waals surface area contributed by atoms with Gasteiger partial charge >= 0.3 is 0 Å². The minimum atomic E-state index is -0.604. The maximum atomic E-state index is 13.5. The Hall–Kier alpha value is -4.86. The average Bonchev–Trinajstić information content (AvgIpc) is 3.62. The summed E-state index contributed by atoms with van der Waals surface area (Å²) in [5.74, 6) is 1.07. The van der Waals surface area contributed by atoms with Crippen molar-refractivity contribution in [2.75, 3.05) is 13.1 Å². The van der Waals surface area contributed by atoms with Crippen molar-refractivity contribution in [2.24, 2.45) is 0 Å². The molecule has 0 radical (unpaired) electrons. The molecule has 2 aromatic heterocycles. The minimum absolute atomic E-state index is 0.0218. The molecule has 0 unspecified atom stereocenters. The molecule has 194 valence electrons. The van der Waals surface area contributed by atoms with Crippen LogP contribution in [-0.4, -0.2) is 65.7 Å². The van der Waals surface area contributed by atoms with Gasteiger partial charge in [0.25, 0.3) is 5.91 Å². The number of benzene rings is 3. The summed E-state index contributed by atoms with van der Waals surface area (Å²) in [6.07, 6.45) is 1.46. The Kier molecular flexibility index (Phi) is 5.29. The maximum Gasteiger partial charge on any atom is 0.253 e. The third-order valence-corrected chi connectivity index (χ3v) is 7.78. The Bertz CT molecular complexity index is 1720. The van der Waals surface area contributed by atoms with E-state index >= 15 is 0 Å². The van der Waals surface area contributed by atoms with Gasteiger partial charge in [0.2, 0.25) is 0 Å². The average molecular weight is 520 g/mol. The number of ketones is 1. The summed E-state index contributed by atoms with van der Waals surface area (Å²) >= 11 is 0. The second kappa shape index (κ2) is 8.87. The molecule has 5 aromatic rings. The van der Waals surface area contributed by atoms with E-state index in [1.54, 1.807) is 12.1 Å². The number of Topliss-reactive ketones (excluding diaryl/α,β-unsaturated/α-hetero) is 1. The number of nitrogens with zero attached hydrogens (tertiary/aromatic N) is 6. The van der Waals surface area contributed by atoms with Gasteiger partial charge in [0, 0.05) is 42.4 Å². The summed E-state index contributed by atoms with van der Waals surface area (Å²) in [5, 5.41) is 19.5. The van der Waals surface area contributed by atoms with Crippen molar-refractivity contribution in [1.29, 1.82) is 0 Å². The van der Waals surface area contributed by atoms with Crippen LogP contribution >= 0.6 is 0 Å². The number of ether oxygens (including phenoxy) is 1. The lowest BCUT2D eigenvalue weighted by Gasteiger charge is -2.44. The van der Waals surface area contributed by atoms with Crippen molar-refractivity contribution in [2.45, 2.75) is 31.8 Å². The number of aromatic nitrogens is 6. The molecule has 1 saturated heterocycles. The van der Waals surface area contributed by atoms with Crippen molar-refractivity contribution < 1.29 is 14.3 Å². The number of carbonyl (C=O) groups is 2. The molecule has 10 nitrogen and oxygen atoms in total. The summed E-state index contributed by atoms with van der Waals surface area (Å²) in [7, 11) is 0. The lowest BCUT2D eigenvalue weighted by atomic mass is 9.82. The standard InChI is InChI=1S/C29H25N7O3/c1-18-22-16-20(7-9-24(22)36(32-18)21-5-3-2-4-6-21)28(38)35-13-11-29(12-14-35)17-25(37)23-15-19(8-10-26(23)39-29)27-30-33-34-31-27/h2-10,15-16H,11-14,17H2,1H3,(H,30,31,33,34). The monoisotopic (exact) mass is 519 g/mol. The van der Waals surface area contributed by atoms with Gasteiger partial charge in [-0.1, -0.05) is 18.2 Å². The van der Waals surface area contributed by atoms with Crippen LogP contribution in [0.5, 0.6) is 5.75 Å². The van der Waals surface area contributed by atoms with Gasteiger partial charge in [0.05, 0.1) is 28.9 Å². The van der Waals surface area contributed by atoms with Crippen LogP contribution in [0.1, 0.15) is 45.7 Å². The van der Waals surface area contributed by atoms with E-state index in [1.165, 1.54) is 0 Å². The van der Waals surface area contributed by atoms with Crippen LogP contribution in [0.25, 0.3) is 28.0 Å². The molecule has 0 saturated carbocycles. The van der Waals surface area contributed by atoms with Crippen LogP contribution in [0.4, 0.5) is 0 Å². The molecule has 3 aromatic carbocycles. The van der Waals surface area contributed by atoms with E-state index in [1.807, 2.05) is 71.1 Å². The highest BCUT2D eigenvalue weighted by Gasteiger charge is 2.44. The van der Waals surface area contributed by atoms with Crippen LogP contribution in [0.3, 0.4) is 0 Å². The molecule has 39 heavy (non-hydrogen) atoms. The third kappa shape index (κ3) is 3.96. The Morgan fingerprint density at radius 3 is 2.62 bits per heavy atom. The Morgan fingerprint density at radius 2 is 1.85 bits per heavy atom. The molecular weight excluding hydrogens is 494 g/mol. The summed E-state index contributed by atoms with van der Waals surface area (Å²) in [6.45, 7) is 2.99. The van der Waals surface area contributed by atoms with Gasteiger partial charge in [0.1, 0.15) is 11.4 Å². The predicted octanol–water partition coefficient (Wildman–Crippen LogP) is 4.15. The number of aryl methyl sites for hydroxylation is 1. The normalized spacial score (nSPS) is 16.3. The van der Waals surface area contributed by atoms with Crippen LogP contribution in [0.2, 0.25) is 0 Å². The van der Waals surface area contributed by atoms with Crippen molar-refractivity contribution in [3.8, 4) is 22.8 Å². The lowest BCUT2D eigenvalue weighted by Crippen LogP contribution is -2.52. The van der Waals surface area contributed by atoms with Gasteiger partial charge in [-0.2, -0.15) is 5.10 Å². The smallest absolute Gasteiger partial charge is 0.253 e. The van der Waals surface area contributed by atoms with Crippen molar-refractivity contribution in [3.63, 3.8) is 0 Å². The summed E-state index contributed by atoms with van der Waals surface area (Å²) in [5.41, 5.74) is 4.11. The van der Waals surface area contributed by atoms with Gasteiger partial charge in [-0.3, -0.25) is 9.59 Å². The largest absolute Gasteiger partial charge is 0.486 e. The first-order chi connectivity index (χ1) is 19.0. The van der Waals surface area contributed by atoms with E-state index < -0.39 is 5.60 Å². The van der Waals surface area contributed by atoms with E-state index in [4.69, 9.17) is 9.84 Å². The molecule has 0 atom stereocenters. The van der Waals surface area contributed by atoms with Gasteiger partial charge in [0.15, 0.2) is 11.6 Å². The Balaban J connectivity index is 1.08. The number of amides is 1. The number of para-hydroxylation sites is 1. The first-order valence-corrected chi connectivity index (χ1v) is 12.9. The Labute approximate surface area is 223 Å². The van der Waals surface area contributed by atoms with E-state index in [2.05, 4.69) is 20.6 Å². The quantitative estimate of drug-likeness (QED) is 0.380. The maximum absolute atomic E-state index is 13.5. The first-order valence-electron chi connectivity index (χ1n) is 12.9. The second-order valence-electron chi connectivity index (χ2n) is 10.2. The number of carbonyl (C=O) groups excluding carboxylic acids is 2. The zero-order valence-electron chi connectivity index (χ0n) is 21.3. The number of hydrogen-bond donors (Lipinski definition) is 1. The summed E-state index contributed by atoms with van der Waals surface area (Å²) in [6, 6.07) is 21.1. The highest BCUT2D eigenvalue weighted by Crippen LogP contribution is 2.40. The van der Waals surface area contributed by atoms with Gasteiger partial charge in [-0.25, -0.2) is 9.78 Å². The molecule has 0 aliphatic carbocycles. The topological polar surface area (TPSA) is 119 Å². The minimum Gasteiger partial charge on any atom is -0.486 e. The zero-order chi connectivity index (χ0) is 26.6. The molecule has 1 spiro atoms. The van der Waals surface area contributed by atoms with E-state index in [9.17, 15) is 9.59 Å². The summed E-state index contributed by atoms with van der Waals surface area (Å²) < 4.78 is 8.33. The third-order valence-electron chi connectivity index (χ3n) is 7.78. The number of rotatable bonds is 3. The number of likely N-dealkylation sites (tertiary alicyclic amines) is 1. The van der Waals surface area contributed by atoms with E-state index in [-0.39, 0.29) is 18.1 Å². The summed E-state index contributed by atoms with van der Waals surface area (Å²) in [4.78, 5) is 28.5. The molecule has 10 heteroatoms. The Morgan fingerprint density at radius 1 is 1.03 bits per heavy atom. The number of aromatic amines is 1. The zero-order valence-corrected chi connectivity index (χ0v) is 21.3. The van der Waals surface area contributed by atoms with Gasteiger partial charge < -0.3 is 9.64 Å². The lowest BCUT2D eigenvalue weighted by molar-refractivity contribution is -0.00569. The SMILES string of the molecule is Cc1nn(-c2ccccc2)c2ccc(C(=O)N3CCC4(CC3)CC(=O)c3cc(-c5nnn[nH]5)ccc3O4)cc12. The number of hydrogen-bond acceptors (Lipinski definition) is 7. The molecule has 1 N–H and O–H groups in total. The van der Waals surface area contributed by atoms with Crippen molar-refractivity contribution in [3.05, 3.63) is 83.6 Å². The highest BCUT2D eigenvalue weighted by atomic mass is 16.5. The van der Waals surface area contributed by atoms with Gasteiger partial charge in [-0.15, -0.1) is 5.10 Å². The number of nitrogens with one attached hydrogen (secondary N) is 1. The fourth-order valence-corrected chi connectivity index (χ4v) is 5.67. The van der Waals surface area contributed by atoms with Crippen LogP contribution in [0.15, 0.2) is 66.7 Å². The second-order valence-corrected chi connectivity index (χ2v) is 10.2.